The molecule has 0 spiro atoms. The first-order valence-corrected chi connectivity index (χ1v) is 7.40. The molecule has 0 amide bonds. The molecule has 18 heavy (non-hydrogen) atoms. The fourth-order valence-corrected chi connectivity index (χ4v) is 2.65. The van der Waals surface area contributed by atoms with Gasteiger partial charge in [0.25, 0.3) is 0 Å². The molecule has 0 aliphatic heterocycles. The first-order chi connectivity index (χ1) is 8.50. The molecule has 0 aliphatic rings. The zero-order chi connectivity index (χ0) is 13.7. The third kappa shape index (κ3) is 3.37. The normalized spacial score (nSPS) is 11.0. The van der Waals surface area contributed by atoms with Crippen LogP contribution in [-0.4, -0.2) is 0 Å². The summed E-state index contributed by atoms with van der Waals surface area (Å²) in [7, 11) is 0. The van der Waals surface area contributed by atoms with Gasteiger partial charge in [0.1, 0.15) is 0 Å². The van der Waals surface area contributed by atoms with Gasteiger partial charge in [-0.05, 0) is 80.8 Å². The minimum Gasteiger partial charge on any atom is -0.0654 e. The number of hydrogen-bond donors (Lipinski definition) is 0. The maximum atomic E-state index is 2.46. The van der Waals surface area contributed by atoms with Crippen LogP contribution in [0.15, 0.2) is 0 Å². The molecule has 0 heterocycles. The number of hydrogen-bond acceptors (Lipinski definition) is 0. The quantitative estimate of drug-likeness (QED) is 0.560. The van der Waals surface area contributed by atoms with Gasteiger partial charge in [-0.1, -0.05) is 32.6 Å². The third-order valence-electron chi connectivity index (χ3n) is 4.46. The molecule has 0 saturated heterocycles. The molecular formula is C18H29. The molecule has 0 fully saturated rings. The summed E-state index contributed by atoms with van der Waals surface area (Å²) in [6, 6.07) is 0. The molecule has 0 aliphatic carbocycles. The molecule has 101 valence electrons. The Hall–Kier alpha value is -0.780. The lowest BCUT2D eigenvalue weighted by atomic mass is 9.87. The second-order valence-electron chi connectivity index (χ2n) is 5.59. The zero-order valence-corrected chi connectivity index (χ0v) is 13.1. The third-order valence-corrected chi connectivity index (χ3v) is 4.46. The Morgan fingerprint density at radius 1 is 0.667 bits per heavy atom. The van der Waals surface area contributed by atoms with E-state index in [1.165, 1.54) is 65.5 Å². The van der Waals surface area contributed by atoms with Gasteiger partial charge >= 0.3 is 0 Å². The van der Waals surface area contributed by atoms with Crippen LogP contribution in [0, 0.1) is 41.0 Å². The van der Waals surface area contributed by atoms with Crippen LogP contribution in [0.25, 0.3) is 0 Å². The average molecular weight is 245 g/mol. The van der Waals surface area contributed by atoms with E-state index < -0.39 is 0 Å². The van der Waals surface area contributed by atoms with Crippen LogP contribution >= 0.6 is 0 Å². The molecule has 0 atom stereocenters. The lowest BCUT2D eigenvalue weighted by Gasteiger charge is -2.18. The standard InChI is InChI=1S/C18H29/c1-7-8-9-10-11-12-18-16(5)14(3)13(2)15(4)17(18)6/h12H,7-11H2,1-6H3. The Kier molecular flexibility index (Phi) is 5.91. The van der Waals surface area contributed by atoms with E-state index in [4.69, 9.17) is 0 Å². The van der Waals surface area contributed by atoms with E-state index in [0.717, 1.165) is 0 Å². The summed E-state index contributed by atoms with van der Waals surface area (Å²) >= 11 is 0. The molecule has 1 aromatic carbocycles. The predicted octanol–water partition coefficient (Wildman–Crippen LogP) is 5.75. The van der Waals surface area contributed by atoms with Crippen LogP contribution in [0.1, 0.15) is 72.4 Å². The van der Waals surface area contributed by atoms with Crippen molar-refractivity contribution < 1.29 is 0 Å². The van der Waals surface area contributed by atoms with Crippen molar-refractivity contribution in [3.63, 3.8) is 0 Å². The maximum Gasteiger partial charge on any atom is -0.00874 e. The summed E-state index contributed by atoms with van der Waals surface area (Å²) in [4.78, 5) is 0. The second kappa shape index (κ2) is 6.97. The van der Waals surface area contributed by atoms with Crippen molar-refractivity contribution in [3.05, 3.63) is 39.8 Å². The molecule has 0 heteroatoms. The van der Waals surface area contributed by atoms with E-state index in [0.29, 0.717) is 0 Å². The molecule has 0 unspecified atom stereocenters. The average Bonchev–Trinajstić information content (AvgIpc) is 2.37. The van der Waals surface area contributed by atoms with Gasteiger partial charge in [-0.2, -0.15) is 0 Å². The van der Waals surface area contributed by atoms with Crippen molar-refractivity contribution in [2.75, 3.05) is 0 Å². The Balaban J connectivity index is 2.77. The van der Waals surface area contributed by atoms with Crippen LogP contribution in [0.4, 0.5) is 0 Å². The van der Waals surface area contributed by atoms with E-state index in [1.807, 2.05) is 0 Å². The van der Waals surface area contributed by atoms with Crippen molar-refractivity contribution in [1.82, 2.24) is 0 Å². The molecule has 0 nitrogen and oxygen atoms in total. The topological polar surface area (TPSA) is 0 Å². The molecule has 0 saturated carbocycles. The van der Waals surface area contributed by atoms with Gasteiger partial charge in [0.05, 0.1) is 0 Å². The molecule has 0 aromatic heterocycles. The van der Waals surface area contributed by atoms with E-state index in [9.17, 15) is 0 Å². The highest BCUT2D eigenvalue weighted by atomic mass is 14.2. The summed E-state index contributed by atoms with van der Waals surface area (Å²) in [6.07, 6.45) is 9.08. The highest BCUT2D eigenvalue weighted by Gasteiger charge is 2.11. The summed E-state index contributed by atoms with van der Waals surface area (Å²) < 4.78 is 0. The summed E-state index contributed by atoms with van der Waals surface area (Å²) in [5.41, 5.74) is 8.85. The fourth-order valence-electron chi connectivity index (χ4n) is 2.65. The Morgan fingerprint density at radius 2 is 1.17 bits per heavy atom. The van der Waals surface area contributed by atoms with E-state index in [2.05, 4.69) is 48.0 Å². The van der Waals surface area contributed by atoms with Crippen molar-refractivity contribution in [1.29, 1.82) is 0 Å². The van der Waals surface area contributed by atoms with Gasteiger partial charge in [-0.3, -0.25) is 0 Å². The molecule has 0 bridgehead atoms. The predicted molar refractivity (Wildman–Crippen MR) is 82.3 cm³/mol. The molecule has 0 N–H and O–H groups in total. The van der Waals surface area contributed by atoms with Crippen LogP contribution in [-0.2, 0) is 0 Å². The minimum atomic E-state index is 1.23. The van der Waals surface area contributed by atoms with Gasteiger partial charge in [-0.15, -0.1) is 0 Å². The second-order valence-corrected chi connectivity index (χ2v) is 5.59. The summed E-state index contributed by atoms with van der Waals surface area (Å²) in [5, 5.41) is 0. The number of rotatable bonds is 6. The minimum absolute atomic E-state index is 1.23. The lowest BCUT2D eigenvalue weighted by Crippen LogP contribution is -2.01. The Morgan fingerprint density at radius 3 is 1.67 bits per heavy atom. The Bertz CT molecular complexity index is 370. The van der Waals surface area contributed by atoms with Crippen molar-refractivity contribution in [3.8, 4) is 0 Å². The smallest absolute Gasteiger partial charge is 0.00874 e. The fraction of sp³-hybridized carbons (Fsp3) is 0.611. The van der Waals surface area contributed by atoms with E-state index in [-0.39, 0.29) is 0 Å². The molecule has 1 radical (unpaired) electrons. The van der Waals surface area contributed by atoms with Crippen molar-refractivity contribution in [2.24, 2.45) is 0 Å². The highest BCUT2D eigenvalue weighted by Crippen LogP contribution is 2.28. The monoisotopic (exact) mass is 245 g/mol. The SMILES string of the molecule is CCCCCC[CH]c1c(C)c(C)c(C)c(C)c1C. The molecular weight excluding hydrogens is 216 g/mol. The van der Waals surface area contributed by atoms with Gasteiger partial charge in [0, 0.05) is 0 Å². The molecule has 1 rings (SSSR count). The highest BCUT2D eigenvalue weighted by molar-refractivity contribution is 5.52. The first kappa shape index (κ1) is 15.3. The number of benzene rings is 1. The number of unbranched alkanes of at least 4 members (excludes halogenated alkanes) is 4. The van der Waals surface area contributed by atoms with Gasteiger partial charge < -0.3 is 0 Å². The summed E-state index contributed by atoms with van der Waals surface area (Å²) in [5.74, 6) is 0. The Labute approximate surface area is 114 Å². The van der Waals surface area contributed by atoms with Gasteiger partial charge in [0.2, 0.25) is 0 Å². The van der Waals surface area contributed by atoms with E-state index >= 15 is 0 Å². The van der Waals surface area contributed by atoms with Crippen LogP contribution in [0.3, 0.4) is 0 Å². The van der Waals surface area contributed by atoms with Crippen molar-refractivity contribution >= 4 is 0 Å². The maximum absolute atomic E-state index is 2.46. The first-order valence-electron chi connectivity index (χ1n) is 7.40. The van der Waals surface area contributed by atoms with Crippen LogP contribution in [0.2, 0.25) is 0 Å². The van der Waals surface area contributed by atoms with Crippen LogP contribution in [0.5, 0.6) is 0 Å². The van der Waals surface area contributed by atoms with E-state index in [1.54, 1.807) is 0 Å². The summed E-state index contributed by atoms with van der Waals surface area (Å²) in [6.45, 7) is 13.6. The van der Waals surface area contributed by atoms with Gasteiger partial charge in [-0.25, -0.2) is 0 Å². The van der Waals surface area contributed by atoms with Crippen LogP contribution < -0.4 is 0 Å². The van der Waals surface area contributed by atoms with Crippen molar-refractivity contribution in [2.45, 2.75) is 73.6 Å². The van der Waals surface area contributed by atoms with Gasteiger partial charge in [0.15, 0.2) is 0 Å². The largest absolute Gasteiger partial charge is 0.0654 e. The molecule has 1 aromatic rings. The lowest BCUT2D eigenvalue weighted by molar-refractivity contribution is 0.664. The zero-order valence-electron chi connectivity index (χ0n) is 13.1.